The van der Waals surface area contributed by atoms with Crippen LogP contribution in [0.25, 0.3) is 21.5 Å². The summed E-state index contributed by atoms with van der Waals surface area (Å²) in [6.07, 6.45) is 0. The lowest BCUT2D eigenvalue weighted by molar-refractivity contribution is 0.833. The van der Waals surface area contributed by atoms with Crippen LogP contribution in [0.2, 0.25) is 5.02 Å². The van der Waals surface area contributed by atoms with Crippen molar-refractivity contribution in [2.24, 2.45) is 0 Å². The van der Waals surface area contributed by atoms with Gasteiger partial charge in [-0.2, -0.15) is 0 Å². The highest BCUT2D eigenvalue weighted by atomic mass is 35.5. The maximum atomic E-state index is 6.33. The average Bonchev–Trinajstić information content (AvgIpc) is 2.83. The third-order valence-electron chi connectivity index (χ3n) is 3.32. The molecule has 0 saturated carbocycles. The molecule has 3 aromatic rings. The van der Waals surface area contributed by atoms with Crippen molar-refractivity contribution < 1.29 is 0 Å². The SMILES string of the molecule is CNCc1sc2nc(NC)nc(-c3cccc(Cl)c3)c2c1N. The minimum absolute atomic E-state index is 0.569. The molecule has 3 rings (SSSR count). The maximum Gasteiger partial charge on any atom is 0.224 e. The molecule has 0 saturated heterocycles. The van der Waals surface area contributed by atoms with Gasteiger partial charge in [0.2, 0.25) is 5.95 Å². The van der Waals surface area contributed by atoms with Crippen LogP contribution in [0, 0.1) is 0 Å². The van der Waals surface area contributed by atoms with E-state index in [2.05, 4.69) is 20.6 Å². The third kappa shape index (κ3) is 2.61. The van der Waals surface area contributed by atoms with Gasteiger partial charge in [-0.05, 0) is 19.2 Å². The highest BCUT2D eigenvalue weighted by molar-refractivity contribution is 7.19. The lowest BCUT2D eigenvalue weighted by Gasteiger charge is -2.07. The molecular formula is C15H16ClN5S. The van der Waals surface area contributed by atoms with Gasteiger partial charge in [-0.15, -0.1) is 11.3 Å². The summed E-state index contributed by atoms with van der Waals surface area (Å²) in [5.41, 5.74) is 8.79. The van der Waals surface area contributed by atoms with E-state index in [-0.39, 0.29) is 0 Å². The minimum atomic E-state index is 0.569. The topological polar surface area (TPSA) is 75.9 Å². The summed E-state index contributed by atoms with van der Waals surface area (Å²) in [5, 5.41) is 7.68. The van der Waals surface area contributed by atoms with Crippen molar-refractivity contribution in [1.29, 1.82) is 0 Å². The molecule has 0 fully saturated rings. The van der Waals surface area contributed by atoms with E-state index in [0.29, 0.717) is 17.5 Å². The highest BCUT2D eigenvalue weighted by Crippen LogP contribution is 2.39. The zero-order valence-corrected chi connectivity index (χ0v) is 13.8. The standard InChI is InChI=1S/C15H16ClN5S/c1-18-7-10-12(17)11-13(8-4-3-5-9(16)6-8)20-15(19-2)21-14(11)22-10/h3-6,18H,7,17H2,1-2H3,(H,19,20,21). The first kappa shape index (κ1) is 15.0. The monoisotopic (exact) mass is 333 g/mol. The fraction of sp³-hybridized carbons (Fsp3) is 0.200. The number of nitrogens with two attached hydrogens (primary N) is 1. The Kier molecular flexibility index (Phi) is 4.15. The number of aromatic nitrogens is 2. The smallest absolute Gasteiger partial charge is 0.224 e. The molecule has 0 atom stereocenters. The summed E-state index contributed by atoms with van der Waals surface area (Å²) in [6, 6.07) is 7.60. The number of nitrogens with zero attached hydrogens (tertiary/aromatic N) is 2. The molecule has 1 aromatic carbocycles. The fourth-order valence-corrected chi connectivity index (χ4v) is 3.61. The molecular weight excluding hydrogens is 318 g/mol. The average molecular weight is 334 g/mol. The first-order chi connectivity index (χ1) is 10.6. The van der Waals surface area contributed by atoms with E-state index in [4.69, 9.17) is 17.3 Å². The van der Waals surface area contributed by atoms with Crippen LogP contribution in [0.15, 0.2) is 24.3 Å². The molecule has 0 unspecified atom stereocenters. The van der Waals surface area contributed by atoms with Crippen molar-refractivity contribution in [2.75, 3.05) is 25.1 Å². The summed E-state index contributed by atoms with van der Waals surface area (Å²) < 4.78 is 0. The van der Waals surface area contributed by atoms with Crippen LogP contribution in [0.5, 0.6) is 0 Å². The predicted octanol–water partition coefficient (Wildman–Crippen LogP) is 3.36. The molecule has 114 valence electrons. The number of benzene rings is 1. The van der Waals surface area contributed by atoms with Gasteiger partial charge in [0.1, 0.15) is 4.83 Å². The summed E-state index contributed by atoms with van der Waals surface area (Å²) in [4.78, 5) is 11.0. The van der Waals surface area contributed by atoms with Crippen molar-refractivity contribution >= 4 is 44.8 Å². The largest absolute Gasteiger partial charge is 0.397 e. The summed E-state index contributed by atoms with van der Waals surface area (Å²) >= 11 is 7.70. The Labute approximate surface area is 137 Å². The van der Waals surface area contributed by atoms with Crippen molar-refractivity contribution in [3.63, 3.8) is 0 Å². The van der Waals surface area contributed by atoms with Crippen molar-refractivity contribution in [2.45, 2.75) is 6.54 Å². The van der Waals surface area contributed by atoms with Crippen LogP contribution in [0.3, 0.4) is 0 Å². The number of thiophene rings is 1. The van der Waals surface area contributed by atoms with E-state index < -0.39 is 0 Å². The number of hydrogen-bond donors (Lipinski definition) is 3. The van der Waals surface area contributed by atoms with Crippen LogP contribution < -0.4 is 16.4 Å². The number of rotatable bonds is 4. The molecule has 4 N–H and O–H groups in total. The van der Waals surface area contributed by atoms with Crippen LogP contribution in [0.4, 0.5) is 11.6 Å². The van der Waals surface area contributed by atoms with E-state index in [1.165, 1.54) is 0 Å². The molecule has 0 aliphatic carbocycles. The summed E-state index contributed by atoms with van der Waals surface area (Å²) in [6.45, 7) is 0.705. The van der Waals surface area contributed by atoms with Gasteiger partial charge in [-0.25, -0.2) is 9.97 Å². The van der Waals surface area contributed by atoms with E-state index >= 15 is 0 Å². The van der Waals surface area contributed by atoms with E-state index in [1.54, 1.807) is 18.4 Å². The van der Waals surface area contributed by atoms with Gasteiger partial charge in [-0.1, -0.05) is 23.7 Å². The normalized spacial score (nSPS) is 11.0. The first-order valence-corrected chi connectivity index (χ1v) is 8.00. The van der Waals surface area contributed by atoms with Gasteiger partial charge in [-0.3, -0.25) is 0 Å². The van der Waals surface area contributed by atoms with Crippen molar-refractivity contribution in [3.8, 4) is 11.3 Å². The van der Waals surface area contributed by atoms with E-state index in [9.17, 15) is 0 Å². The lowest BCUT2D eigenvalue weighted by Crippen LogP contribution is -2.05. The molecule has 0 aliphatic rings. The summed E-state index contributed by atoms with van der Waals surface area (Å²) in [7, 11) is 3.70. The minimum Gasteiger partial charge on any atom is -0.397 e. The van der Waals surface area contributed by atoms with Crippen LogP contribution in [-0.2, 0) is 6.54 Å². The van der Waals surface area contributed by atoms with E-state index in [1.807, 2.05) is 31.3 Å². The Morgan fingerprint density at radius 3 is 2.77 bits per heavy atom. The number of anilines is 2. The molecule has 7 heteroatoms. The lowest BCUT2D eigenvalue weighted by atomic mass is 10.1. The molecule has 2 aromatic heterocycles. The Morgan fingerprint density at radius 1 is 1.27 bits per heavy atom. The van der Waals surface area contributed by atoms with Gasteiger partial charge >= 0.3 is 0 Å². The molecule has 0 aliphatic heterocycles. The molecule has 0 bridgehead atoms. The van der Waals surface area contributed by atoms with Gasteiger partial charge in [0.15, 0.2) is 0 Å². The van der Waals surface area contributed by atoms with Gasteiger partial charge in [0.25, 0.3) is 0 Å². The van der Waals surface area contributed by atoms with Gasteiger partial charge in [0, 0.05) is 29.1 Å². The molecule has 0 amide bonds. The quantitative estimate of drug-likeness (QED) is 0.682. The molecule has 22 heavy (non-hydrogen) atoms. The van der Waals surface area contributed by atoms with Gasteiger partial charge in [0.05, 0.1) is 16.8 Å². The Bertz CT molecular complexity index is 830. The highest BCUT2D eigenvalue weighted by Gasteiger charge is 2.17. The number of hydrogen-bond acceptors (Lipinski definition) is 6. The molecule has 0 spiro atoms. The van der Waals surface area contributed by atoms with Crippen LogP contribution in [-0.4, -0.2) is 24.1 Å². The summed E-state index contributed by atoms with van der Waals surface area (Å²) in [5.74, 6) is 0.569. The van der Waals surface area contributed by atoms with Crippen LogP contribution >= 0.6 is 22.9 Å². The zero-order valence-electron chi connectivity index (χ0n) is 12.3. The third-order valence-corrected chi connectivity index (χ3v) is 4.66. The number of nitrogen functional groups attached to an aromatic ring is 1. The second-order valence-electron chi connectivity index (χ2n) is 4.81. The first-order valence-electron chi connectivity index (χ1n) is 6.81. The Hall–Kier alpha value is -1.89. The van der Waals surface area contributed by atoms with Gasteiger partial charge < -0.3 is 16.4 Å². The second kappa shape index (κ2) is 6.08. The molecule has 0 radical (unpaired) electrons. The predicted molar refractivity (Wildman–Crippen MR) is 94.6 cm³/mol. The maximum absolute atomic E-state index is 6.33. The Morgan fingerprint density at radius 2 is 2.09 bits per heavy atom. The second-order valence-corrected chi connectivity index (χ2v) is 6.33. The van der Waals surface area contributed by atoms with Crippen LogP contribution in [0.1, 0.15) is 4.88 Å². The number of halogens is 1. The van der Waals surface area contributed by atoms with Crippen molar-refractivity contribution in [1.82, 2.24) is 15.3 Å². The van der Waals surface area contributed by atoms with Crippen molar-refractivity contribution in [3.05, 3.63) is 34.2 Å². The number of fused-ring (bicyclic) bond motifs is 1. The molecule has 2 heterocycles. The fourth-order valence-electron chi connectivity index (χ4n) is 2.32. The number of nitrogens with one attached hydrogen (secondary N) is 2. The molecule has 5 nitrogen and oxygen atoms in total. The van der Waals surface area contributed by atoms with E-state index in [0.717, 1.165) is 32.0 Å². The zero-order chi connectivity index (χ0) is 15.7. The Balaban J connectivity index is 2.31.